The van der Waals surface area contributed by atoms with E-state index in [0.29, 0.717) is 13.1 Å². The molecule has 106 valence electrons. The number of carbonyl (C=O) groups excluding carboxylic acids is 2. The van der Waals surface area contributed by atoms with Gasteiger partial charge >= 0.3 is 0 Å². The van der Waals surface area contributed by atoms with Crippen LogP contribution in [0.3, 0.4) is 0 Å². The molecular formula is C13H21N3O2S. The van der Waals surface area contributed by atoms with E-state index >= 15 is 0 Å². The van der Waals surface area contributed by atoms with Gasteiger partial charge in [-0.25, -0.2) is 0 Å². The van der Waals surface area contributed by atoms with Gasteiger partial charge in [0.05, 0.1) is 11.7 Å². The molecule has 1 unspecified atom stereocenters. The molecule has 0 saturated heterocycles. The molecule has 6 heteroatoms. The first kappa shape index (κ1) is 15.7. The molecule has 1 heterocycles. The smallest absolute Gasteiger partial charge is 0.236 e. The predicted octanol–water partition coefficient (Wildman–Crippen LogP) is 1.71. The summed E-state index contributed by atoms with van der Waals surface area (Å²) in [6.07, 6.45) is 0.927. The Morgan fingerprint density at radius 1 is 1.42 bits per heavy atom. The number of hydrogen-bond acceptors (Lipinski definition) is 4. The van der Waals surface area contributed by atoms with Gasteiger partial charge in [-0.05, 0) is 24.8 Å². The first-order chi connectivity index (χ1) is 9.04. The summed E-state index contributed by atoms with van der Waals surface area (Å²) in [6, 6.07) is 1.61. The van der Waals surface area contributed by atoms with Crippen LogP contribution in [0, 0.1) is 0 Å². The second-order valence-corrected chi connectivity index (χ2v) is 5.33. The molecular weight excluding hydrogens is 262 g/mol. The minimum atomic E-state index is -0.251. The van der Waals surface area contributed by atoms with Crippen LogP contribution in [0.25, 0.3) is 0 Å². The third-order valence-corrected chi connectivity index (χ3v) is 3.49. The SMILES string of the molecule is CCCNC(=O)C(C)NCc1sccc1NC(C)=O. The quantitative estimate of drug-likeness (QED) is 0.713. The fraction of sp³-hybridized carbons (Fsp3) is 0.538. The number of carbonyl (C=O) groups is 2. The van der Waals surface area contributed by atoms with Gasteiger partial charge in [0, 0.05) is 24.9 Å². The Kier molecular flexibility index (Phi) is 6.52. The highest BCUT2D eigenvalue weighted by Crippen LogP contribution is 2.22. The Morgan fingerprint density at radius 2 is 2.16 bits per heavy atom. The summed E-state index contributed by atoms with van der Waals surface area (Å²) in [5.41, 5.74) is 0.811. The molecule has 0 aliphatic heterocycles. The highest BCUT2D eigenvalue weighted by molar-refractivity contribution is 7.10. The fourth-order valence-corrected chi connectivity index (χ4v) is 2.30. The summed E-state index contributed by atoms with van der Waals surface area (Å²) in [6.45, 7) is 6.59. The summed E-state index contributed by atoms with van der Waals surface area (Å²) in [4.78, 5) is 23.7. The van der Waals surface area contributed by atoms with Gasteiger partial charge in [-0.15, -0.1) is 11.3 Å². The van der Waals surface area contributed by atoms with E-state index in [1.54, 1.807) is 11.3 Å². The molecule has 0 aromatic carbocycles. The van der Waals surface area contributed by atoms with Crippen LogP contribution in [0.1, 0.15) is 32.1 Å². The lowest BCUT2D eigenvalue weighted by molar-refractivity contribution is -0.122. The second kappa shape index (κ2) is 7.91. The molecule has 1 aromatic heterocycles. The van der Waals surface area contributed by atoms with E-state index in [0.717, 1.165) is 17.0 Å². The van der Waals surface area contributed by atoms with Crippen molar-refractivity contribution < 1.29 is 9.59 Å². The highest BCUT2D eigenvalue weighted by Gasteiger charge is 2.13. The van der Waals surface area contributed by atoms with E-state index in [1.807, 2.05) is 25.3 Å². The normalized spacial score (nSPS) is 11.9. The Hall–Kier alpha value is -1.40. The van der Waals surface area contributed by atoms with Crippen molar-refractivity contribution >= 4 is 28.8 Å². The molecule has 3 N–H and O–H groups in total. The predicted molar refractivity (Wildman–Crippen MR) is 78.2 cm³/mol. The van der Waals surface area contributed by atoms with Crippen molar-refractivity contribution in [3.05, 3.63) is 16.3 Å². The van der Waals surface area contributed by atoms with Gasteiger partial charge in [0.15, 0.2) is 0 Å². The van der Waals surface area contributed by atoms with Gasteiger partial charge in [-0.2, -0.15) is 0 Å². The molecule has 0 fully saturated rings. The minimum Gasteiger partial charge on any atom is -0.355 e. The molecule has 0 spiro atoms. The zero-order chi connectivity index (χ0) is 14.3. The van der Waals surface area contributed by atoms with Gasteiger partial charge in [0.2, 0.25) is 11.8 Å². The van der Waals surface area contributed by atoms with E-state index in [4.69, 9.17) is 0 Å². The molecule has 0 saturated carbocycles. The minimum absolute atomic E-state index is 0.000479. The first-order valence-corrected chi connectivity index (χ1v) is 7.27. The van der Waals surface area contributed by atoms with Crippen LogP contribution in [-0.2, 0) is 16.1 Å². The van der Waals surface area contributed by atoms with Crippen molar-refractivity contribution in [3.63, 3.8) is 0 Å². The summed E-state index contributed by atoms with van der Waals surface area (Å²) in [5, 5.41) is 10.7. The van der Waals surface area contributed by atoms with Crippen LogP contribution in [0.15, 0.2) is 11.4 Å². The zero-order valence-corrected chi connectivity index (χ0v) is 12.4. The largest absolute Gasteiger partial charge is 0.355 e. The van der Waals surface area contributed by atoms with E-state index in [2.05, 4.69) is 16.0 Å². The maximum absolute atomic E-state index is 11.7. The number of anilines is 1. The van der Waals surface area contributed by atoms with E-state index in [-0.39, 0.29) is 17.9 Å². The molecule has 0 bridgehead atoms. The van der Waals surface area contributed by atoms with E-state index < -0.39 is 0 Å². The third kappa shape index (κ3) is 5.40. The average Bonchev–Trinajstić information content (AvgIpc) is 2.79. The summed E-state index contributed by atoms with van der Waals surface area (Å²) in [5.74, 6) is -0.0899. The van der Waals surface area contributed by atoms with Crippen LogP contribution >= 0.6 is 11.3 Å². The number of thiophene rings is 1. The third-order valence-electron chi connectivity index (χ3n) is 2.57. The van der Waals surface area contributed by atoms with Gasteiger partial charge in [-0.1, -0.05) is 6.92 Å². The average molecular weight is 283 g/mol. The van der Waals surface area contributed by atoms with Crippen LogP contribution in [0.2, 0.25) is 0 Å². The van der Waals surface area contributed by atoms with Gasteiger partial charge in [-0.3, -0.25) is 9.59 Å². The lowest BCUT2D eigenvalue weighted by Crippen LogP contribution is -2.42. The Labute approximate surface area is 117 Å². The lowest BCUT2D eigenvalue weighted by atomic mass is 10.3. The monoisotopic (exact) mass is 283 g/mol. The van der Waals surface area contributed by atoms with Crippen molar-refractivity contribution in [1.82, 2.24) is 10.6 Å². The van der Waals surface area contributed by atoms with Crippen LogP contribution in [-0.4, -0.2) is 24.4 Å². The Balaban J connectivity index is 2.45. The van der Waals surface area contributed by atoms with Crippen molar-refractivity contribution in [2.24, 2.45) is 0 Å². The van der Waals surface area contributed by atoms with Crippen molar-refractivity contribution in [2.45, 2.75) is 39.8 Å². The molecule has 0 radical (unpaired) electrons. The number of hydrogen-bond donors (Lipinski definition) is 3. The van der Waals surface area contributed by atoms with Crippen LogP contribution < -0.4 is 16.0 Å². The Morgan fingerprint density at radius 3 is 2.79 bits per heavy atom. The maximum Gasteiger partial charge on any atom is 0.236 e. The number of amides is 2. The maximum atomic E-state index is 11.7. The highest BCUT2D eigenvalue weighted by atomic mass is 32.1. The molecule has 2 amide bonds. The summed E-state index contributed by atoms with van der Waals surface area (Å²) >= 11 is 1.55. The van der Waals surface area contributed by atoms with E-state index in [1.165, 1.54) is 6.92 Å². The molecule has 0 aliphatic rings. The number of nitrogens with one attached hydrogen (secondary N) is 3. The first-order valence-electron chi connectivity index (χ1n) is 6.39. The van der Waals surface area contributed by atoms with Crippen LogP contribution in [0.4, 0.5) is 5.69 Å². The van der Waals surface area contributed by atoms with E-state index in [9.17, 15) is 9.59 Å². The van der Waals surface area contributed by atoms with Gasteiger partial charge < -0.3 is 16.0 Å². The van der Waals surface area contributed by atoms with Gasteiger partial charge in [0.1, 0.15) is 0 Å². The van der Waals surface area contributed by atoms with Crippen LogP contribution in [0.5, 0.6) is 0 Å². The van der Waals surface area contributed by atoms with Crippen molar-refractivity contribution in [1.29, 1.82) is 0 Å². The van der Waals surface area contributed by atoms with Crippen molar-refractivity contribution in [3.8, 4) is 0 Å². The molecule has 19 heavy (non-hydrogen) atoms. The molecule has 1 aromatic rings. The standard InChI is InChI=1S/C13H21N3O2S/c1-4-6-14-13(18)9(2)15-8-12-11(5-7-19-12)16-10(3)17/h5,7,9,15H,4,6,8H2,1-3H3,(H,14,18)(H,16,17). The summed E-state index contributed by atoms with van der Waals surface area (Å²) < 4.78 is 0. The molecule has 1 atom stereocenters. The second-order valence-electron chi connectivity index (χ2n) is 4.33. The number of rotatable bonds is 7. The molecule has 0 aliphatic carbocycles. The fourth-order valence-electron chi connectivity index (χ4n) is 1.52. The van der Waals surface area contributed by atoms with Gasteiger partial charge in [0.25, 0.3) is 0 Å². The molecule has 5 nitrogen and oxygen atoms in total. The molecule has 1 rings (SSSR count). The Bertz CT molecular complexity index is 431. The van der Waals surface area contributed by atoms with Crippen molar-refractivity contribution in [2.75, 3.05) is 11.9 Å². The lowest BCUT2D eigenvalue weighted by Gasteiger charge is -2.13. The topological polar surface area (TPSA) is 70.2 Å². The zero-order valence-electron chi connectivity index (χ0n) is 11.6. The summed E-state index contributed by atoms with van der Waals surface area (Å²) in [7, 11) is 0.